The molecule has 7 N–H and O–H groups in total. The molecule has 0 radical (unpaired) electrons. The Kier molecular flexibility index (Phi) is 16.3. The quantitative estimate of drug-likeness (QED) is 0.0588. The number of carbonyl (C=O) groups excluding carboxylic acids is 7. The zero-order valence-corrected chi connectivity index (χ0v) is 35.0. The van der Waals surface area contributed by atoms with E-state index >= 15 is 4.39 Å². The molecule has 2 aromatic rings. The molecule has 1 aliphatic heterocycles. The summed E-state index contributed by atoms with van der Waals surface area (Å²) in [4.78, 5) is 106. The summed E-state index contributed by atoms with van der Waals surface area (Å²) in [5.74, 6) is -20.3. The van der Waals surface area contributed by atoms with Gasteiger partial charge < -0.3 is 41.7 Å². The monoisotopic (exact) mass is 876 g/mol. The van der Waals surface area contributed by atoms with Gasteiger partial charge in [0.25, 0.3) is 11.8 Å². The van der Waals surface area contributed by atoms with Gasteiger partial charge >= 0.3 is 5.97 Å². The number of likely N-dealkylation sites (tertiary alicyclic amines) is 1. The lowest BCUT2D eigenvalue weighted by molar-refractivity contribution is -0.143. The Balaban J connectivity index is 1.60. The summed E-state index contributed by atoms with van der Waals surface area (Å²) in [5, 5.41) is 18.6. The molecule has 2 fully saturated rings. The number of carboxylic acid groups (broad SMARTS) is 1. The van der Waals surface area contributed by atoms with E-state index in [1.807, 2.05) is 0 Å². The second kappa shape index (κ2) is 20.8. The largest absolute Gasteiger partial charge is 0.477 e. The number of hydrogen-bond donors (Lipinski definition) is 6. The molecular formula is C42H52F4N6O10. The predicted octanol–water partition coefficient (Wildman–Crippen LogP) is 2.96. The number of halogens is 4. The number of rotatable bonds is 17. The molecule has 1 saturated heterocycles. The minimum Gasteiger partial charge on any atom is -0.477 e. The van der Waals surface area contributed by atoms with Crippen LogP contribution in [0, 0.1) is 35.1 Å². The van der Waals surface area contributed by atoms with Gasteiger partial charge in [-0.3, -0.25) is 33.6 Å². The van der Waals surface area contributed by atoms with Crippen molar-refractivity contribution < 1.29 is 65.8 Å². The van der Waals surface area contributed by atoms with Crippen LogP contribution in [0.15, 0.2) is 30.3 Å². The van der Waals surface area contributed by atoms with Crippen molar-refractivity contribution in [2.24, 2.45) is 17.6 Å². The molecule has 1 unspecified atom stereocenters. The number of hydrogen-bond acceptors (Lipinski definition) is 9. The zero-order chi connectivity index (χ0) is 46.2. The van der Waals surface area contributed by atoms with Crippen LogP contribution in [0.1, 0.15) is 112 Å². The number of nitrogens with one attached hydrogen (secondary N) is 4. The molecule has 2 aliphatic rings. The highest BCUT2D eigenvalue weighted by Crippen LogP contribution is 2.32. The lowest BCUT2D eigenvalue weighted by Crippen LogP contribution is -2.58. The number of Topliss-reactive ketones (excluding diaryl/α,β-unsaturated/α-hetero) is 1. The van der Waals surface area contributed by atoms with Crippen molar-refractivity contribution >= 4 is 47.2 Å². The summed E-state index contributed by atoms with van der Waals surface area (Å²) in [7, 11) is 0. The van der Waals surface area contributed by atoms with Crippen LogP contribution in [0.5, 0.6) is 0 Å². The van der Waals surface area contributed by atoms with E-state index in [0.717, 1.165) is 11.3 Å². The fraction of sp³-hybridized carbons (Fsp3) is 0.524. The zero-order valence-electron chi connectivity index (χ0n) is 35.0. The van der Waals surface area contributed by atoms with E-state index in [2.05, 4.69) is 21.3 Å². The average Bonchev–Trinajstić information content (AvgIpc) is 3.62. The number of carboxylic acids is 1. The molecule has 0 bridgehead atoms. The number of primary amides is 1. The van der Waals surface area contributed by atoms with Gasteiger partial charge in [-0.15, -0.1) is 0 Å². The Morgan fingerprint density at radius 1 is 0.855 bits per heavy atom. The maximum Gasteiger partial charge on any atom is 0.341 e. The van der Waals surface area contributed by atoms with Crippen LogP contribution in [-0.4, -0.2) is 100 Å². The summed E-state index contributed by atoms with van der Waals surface area (Å²) >= 11 is 0. The fourth-order valence-electron chi connectivity index (χ4n) is 7.69. The van der Waals surface area contributed by atoms with Crippen molar-refractivity contribution in [3.8, 4) is 0 Å². The molecule has 1 saturated carbocycles. The first-order valence-electron chi connectivity index (χ1n) is 20.2. The van der Waals surface area contributed by atoms with E-state index < -0.39 is 130 Å². The predicted molar refractivity (Wildman–Crippen MR) is 212 cm³/mol. The van der Waals surface area contributed by atoms with Crippen LogP contribution in [0.25, 0.3) is 0 Å². The third-order valence-corrected chi connectivity index (χ3v) is 10.4. The van der Waals surface area contributed by atoms with E-state index in [-0.39, 0.29) is 25.3 Å². The molecule has 1 heterocycles. The Hall–Kier alpha value is -5.92. The van der Waals surface area contributed by atoms with Gasteiger partial charge in [0.05, 0.1) is 24.3 Å². The van der Waals surface area contributed by atoms with Crippen LogP contribution in [0.4, 0.5) is 17.6 Å². The summed E-state index contributed by atoms with van der Waals surface area (Å²) < 4.78 is 65.1. The van der Waals surface area contributed by atoms with Gasteiger partial charge in [0.15, 0.2) is 23.3 Å². The minimum atomic E-state index is -2.42. The van der Waals surface area contributed by atoms with Gasteiger partial charge in [0.1, 0.15) is 29.3 Å². The summed E-state index contributed by atoms with van der Waals surface area (Å²) in [5.41, 5.74) is 1.33. The Labute approximate surface area is 355 Å². The Morgan fingerprint density at radius 3 is 2.03 bits per heavy atom. The van der Waals surface area contributed by atoms with Gasteiger partial charge in [-0.05, 0) is 57.4 Å². The van der Waals surface area contributed by atoms with Crippen molar-refractivity contribution in [1.29, 1.82) is 0 Å². The second-order valence-corrected chi connectivity index (χ2v) is 16.8. The van der Waals surface area contributed by atoms with Gasteiger partial charge in [-0.25, -0.2) is 22.4 Å². The van der Waals surface area contributed by atoms with Crippen molar-refractivity contribution in [1.82, 2.24) is 26.2 Å². The number of nitrogens with two attached hydrogens (primary N) is 1. The molecule has 6 amide bonds. The van der Waals surface area contributed by atoms with E-state index in [4.69, 9.17) is 10.5 Å². The van der Waals surface area contributed by atoms with Gasteiger partial charge in [0, 0.05) is 13.0 Å². The number of aromatic carboxylic acids is 1. The first-order valence-corrected chi connectivity index (χ1v) is 20.2. The summed E-state index contributed by atoms with van der Waals surface area (Å²) in [6.45, 7) is 7.58. The lowest BCUT2D eigenvalue weighted by atomic mass is 9.83. The van der Waals surface area contributed by atoms with Gasteiger partial charge in [-0.1, -0.05) is 63.4 Å². The Morgan fingerprint density at radius 2 is 1.47 bits per heavy atom. The number of ether oxygens (including phenoxy) is 1. The lowest BCUT2D eigenvalue weighted by Gasteiger charge is -2.35. The average molecular weight is 877 g/mol. The van der Waals surface area contributed by atoms with E-state index in [1.54, 1.807) is 65.0 Å². The summed E-state index contributed by atoms with van der Waals surface area (Å²) in [6, 6.07) is 2.28. The second-order valence-electron chi connectivity index (χ2n) is 16.8. The smallest absolute Gasteiger partial charge is 0.341 e. The maximum atomic E-state index is 15.3. The van der Waals surface area contributed by atoms with Crippen LogP contribution >= 0.6 is 0 Å². The van der Waals surface area contributed by atoms with E-state index in [9.17, 15) is 56.6 Å². The maximum absolute atomic E-state index is 15.3. The molecule has 1 aliphatic carbocycles. The first-order chi connectivity index (χ1) is 29.0. The van der Waals surface area contributed by atoms with Crippen LogP contribution in [-0.2, 0) is 33.5 Å². The number of carbonyl (C=O) groups is 8. The normalized spacial score (nSPS) is 18.3. The van der Waals surface area contributed by atoms with Crippen LogP contribution in [0.3, 0.4) is 0 Å². The SMILES string of the molecule is CC(C)CC(NC(=O)[C@@H]1C[C@@H](OC(C)(C)C)CN1C(=O)[C@@H](NC(=O)c1c(F)c(F)c(F)c(C(=O)O)c1F)C1CCCCC1)C(=O)C(=O)NCC(=O)N[C@H](C(N)=O)c1ccccc1. The van der Waals surface area contributed by atoms with Crippen molar-refractivity contribution in [2.75, 3.05) is 13.1 Å². The molecule has 5 atom stereocenters. The molecule has 62 heavy (non-hydrogen) atoms. The molecule has 338 valence electrons. The molecule has 0 spiro atoms. The highest BCUT2D eigenvalue weighted by molar-refractivity contribution is 6.38. The van der Waals surface area contributed by atoms with Crippen molar-refractivity contribution in [3.05, 3.63) is 70.3 Å². The number of nitrogens with zero attached hydrogens (tertiary/aromatic N) is 1. The molecule has 4 rings (SSSR count). The molecule has 20 heteroatoms. The third kappa shape index (κ3) is 12.1. The van der Waals surface area contributed by atoms with E-state index in [0.29, 0.717) is 31.2 Å². The fourth-order valence-corrected chi connectivity index (χ4v) is 7.69. The number of amides is 6. The van der Waals surface area contributed by atoms with Crippen molar-refractivity contribution in [2.45, 2.75) is 115 Å². The van der Waals surface area contributed by atoms with E-state index in [1.165, 1.54) is 0 Å². The summed E-state index contributed by atoms with van der Waals surface area (Å²) in [6.07, 6.45) is 1.50. The number of ketones is 1. The highest BCUT2D eigenvalue weighted by Gasteiger charge is 2.47. The number of benzene rings is 2. The minimum absolute atomic E-state index is 0.0744. The molecule has 16 nitrogen and oxygen atoms in total. The molecule has 2 aromatic carbocycles. The topological polar surface area (TPSA) is 243 Å². The first kappa shape index (κ1) is 48.7. The van der Waals surface area contributed by atoms with Crippen LogP contribution in [0.2, 0.25) is 0 Å². The highest BCUT2D eigenvalue weighted by atomic mass is 19.2. The Bertz CT molecular complexity index is 2060. The molecular weight excluding hydrogens is 824 g/mol. The van der Waals surface area contributed by atoms with Gasteiger partial charge in [0.2, 0.25) is 29.4 Å². The van der Waals surface area contributed by atoms with Gasteiger partial charge in [-0.2, -0.15) is 0 Å². The third-order valence-electron chi connectivity index (χ3n) is 10.4. The standard InChI is InChI=1S/C42H52F4N6O10/c1-20(2)16-24(35(54)39(58)48-18-26(53)50-33(36(47)55)21-12-8-6-9-13-21)49-37(56)25-17-23(62-42(3,4)5)19-52(25)40(59)34(22-14-10-7-11-15-22)51-38(57)27-29(43)28(41(60)61)31(45)32(46)30(27)44/h6,8-9,12-13,20,22-25,33-34H,7,10-11,14-19H2,1-5H3,(H2,47,55)(H,48,58)(H,49,56)(H,50,53)(H,51,57)(H,60,61)/t23-,24?,25+,33+,34+/m1/s1. The molecule has 0 aromatic heterocycles. The van der Waals surface area contributed by atoms with Crippen LogP contribution < -0.4 is 27.0 Å². The van der Waals surface area contributed by atoms with Crippen molar-refractivity contribution in [3.63, 3.8) is 0 Å².